The third kappa shape index (κ3) is 6.33. The van der Waals surface area contributed by atoms with Crippen LogP contribution < -0.4 is 15.5 Å². The third-order valence-electron chi connectivity index (χ3n) is 6.61. The molecule has 2 heterocycles. The number of ether oxygens (including phenoxy) is 1. The van der Waals surface area contributed by atoms with Gasteiger partial charge in [0.15, 0.2) is 0 Å². The highest BCUT2D eigenvalue weighted by molar-refractivity contribution is 6.06. The van der Waals surface area contributed by atoms with E-state index in [1.54, 1.807) is 12.1 Å². The van der Waals surface area contributed by atoms with E-state index in [1.165, 1.54) is 0 Å². The molecular formula is C26H30F3N3O3. The first kappa shape index (κ1) is 25.0. The van der Waals surface area contributed by atoms with Crippen LogP contribution in [0, 0.1) is 5.92 Å². The van der Waals surface area contributed by atoms with Crippen molar-refractivity contribution in [2.24, 2.45) is 5.92 Å². The van der Waals surface area contributed by atoms with E-state index in [9.17, 15) is 22.8 Å². The van der Waals surface area contributed by atoms with Crippen molar-refractivity contribution in [2.75, 3.05) is 36.5 Å². The van der Waals surface area contributed by atoms with Gasteiger partial charge in [0.05, 0.1) is 17.2 Å². The number of anilines is 2. The minimum absolute atomic E-state index is 0.000733. The van der Waals surface area contributed by atoms with E-state index in [4.69, 9.17) is 4.74 Å². The van der Waals surface area contributed by atoms with Gasteiger partial charge in [0.1, 0.15) is 0 Å². The Balaban J connectivity index is 1.52. The molecule has 6 nitrogen and oxygen atoms in total. The molecule has 2 N–H and O–H groups in total. The summed E-state index contributed by atoms with van der Waals surface area (Å²) in [5.74, 6) is -0.172. The second kappa shape index (κ2) is 10.7. The molecule has 0 saturated carbocycles. The van der Waals surface area contributed by atoms with Crippen molar-refractivity contribution in [3.05, 3.63) is 59.2 Å². The molecule has 1 unspecified atom stereocenters. The number of piperidine rings is 1. The molecular weight excluding hydrogens is 459 g/mol. The summed E-state index contributed by atoms with van der Waals surface area (Å²) in [6.45, 7) is 5.00. The van der Waals surface area contributed by atoms with Crippen molar-refractivity contribution >= 4 is 23.2 Å². The first-order chi connectivity index (χ1) is 16.7. The summed E-state index contributed by atoms with van der Waals surface area (Å²) >= 11 is 0. The summed E-state index contributed by atoms with van der Waals surface area (Å²) in [6, 6.07) is 9.18. The molecule has 2 aliphatic heterocycles. The van der Waals surface area contributed by atoms with Crippen LogP contribution in [0.25, 0.3) is 0 Å². The quantitative estimate of drug-likeness (QED) is 0.592. The Morgan fingerprint density at radius 1 is 1.03 bits per heavy atom. The fraction of sp³-hybridized carbons (Fsp3) is 0.462. The number of amides is 2. The van der Waals surface area contributed by atoms with Gasteiger partial charge in [-0.2, -0.15) is 13.2 Å². The van der Waals surface area contributed by atoms with Gasteiger partial charge in [-0.1, -0.05) is 6.92 Å². The normalized spacial score (nSPS) is 19.0. The summed E-state index contributed by atoms with van der Waals surface area (Å²) in [6.07, 6.45) is -0.528. The second-order valence-corrected chi connectivity index (χ2v) is 9.28. The SMILES string of the molecule is CC1CCN(c2ccc(NC(=O)c3ccc(C(F)(F)F)cc3)cc2C(=O)NCC2CCCO2)CC1. The minimum atomic E-state index is -4.47. The van der Waals surface area contributed by atoms with Gasteiger partial charge in [-0.15, -0.1) is 0 Å². The highest BCUT2D eigenvalue weighted by Crippen LogP contribution is 2.30. The smallest absolute Gasteiger partial charge is 0.376 e. The van der Waals surface area contributed by atoms with Gasteiger partial charge in [-0.3, -0.25) is 9.59 Å². The molecule has 2 aliphatic rings. The van der Waals surface area contributed by atoms with Crippen molar-refractivity contribution < 1.29 is 27.5 Å². The predicted octanol–water partition coefficient (Wildman–Crippen LogP) is 5.10. The lowest BCUT2D eigenvalue weighted by Gasteiger charge is -2.33. The number of carbonyl (C=O) groups excluding carboxylic acids is 2. The average molecular weight is 490 g/mol. The van der Waals surface area contributed by atoms with Gasteiger partial charge in [0.25, 0.3) is 11.8 Å². The van der Waals surface area contributed by atoms with Crippen molar-refractivity contribution in [3.8, 4) is 0 Å². The maximum atomic E-state index is 13.2. The second-order valence-electron chi connectivity index (χ2n) is 9.28. The number of hydrogen-bond donors (Lipinski definition) is 2. The molecule has 2 aromatic rings. The van der Waals surface area contributed by atoms with Gasteiger partial charge < -0.3 is 20.3 Å². The number of halogens is 3. The first-order valence-electron chi connectivity index (χ1n) is 12.0. The molecule has 0 aliphatic carbocycles. The first-order valence-corrected chi connectivity index (χ1v) is 12.0. The van der Waals surface area contributed by atoms with E-state index in [-0.39, 0.29) is 17.6 Å². The maximum absolute atomic E-state index is 13.2. The van der Waals surface area contributed by atoms with Crippen LogP contribution in [0.15, 0.2) is 42.5 Å². The Morgan fingerprint density at radius 3 is 2.37 bits per heavy atom. The summed E-state index contributed by atoms with van der Waals surface area (Å²) < 4.78 is 44.0. The molecule has 2 aromatic carbocycles. The average Bonchev–Trinajstić information content (AvgIpc) is 3.36. The molecule has 188 valence electrons. The lowest BCUT2D eigenvalue weighted by Crippen LogP contribution is -2.36. The van der Waals surface area contributed by atoms with Crippen LogP contribution in [0.5, 0.6) is 0 Å². The van der Waals surface area contributed by atoms with E-state index >= 15 is 0 Å². The van der Waals surface area contributed by atoms with Crippen molar-refractivity contribution in [3.63, 3.8) is 0 Å². The number of benzene rings is 2. The number of alkyl halides is 3. The Hall–Kier alpha value is -3.07. The van der Waals surface area contributed by atoms with E-state index in [1.807, 2.05) is 6.07 Å². The third-order valence-corrected chi connectivity index (χ3v) is 6.61. The Bertz CT molecular complexity index is 1040. The molecule has 2 fully saturated rings. The molecule has 2 amide bonds. The van der Waals surface area contributed by atoms with Gasteiger partial charge >= 0.3 is 6.18 Å². The molecule has 35 heavy (non-hydrogen) atoms. The predicted molar refractivity (Wildman–Crippen MR) is 128 cm³/mol. The molecule has 0 aromatic heterocycles. The van der Waals surface area contributed by atoms with Crippen LogP contribution in [-0.2, 0) is 10.9 Å². The largest absolute Gasteiger partial charge is 0.416 e. The number of nitrogens with zero attached hydrogens (tertiary/aromatic N) is 1. The number of rotatable bonds is 6. The zero-order valence-corrected chi connectivity index (χ0v) is 19.7. The van der Waals surface area contributed by atoms with Gasteiger partial charge in [-0.05, 0) is 74.1 Å². The lowest BCUT2D eigenvalue weighted by atomic mass is 9.97. The van der Waals surface area contributed by atoms with Crippen LogP contribution >= 0.6 is 0 Å². The topological polar surface area (TPSA) is 70.7 Å². The molecule has 1 atom stereocenters. The summed E-state index contributed by atoms with van der Waals surface area (Å²) in [7, 11) is 0. The number of hydrogen-bond acceptors (Lipinski definition) is 4. The summed E-state index contributed by atoms with van der Waals surface area (Å²) in [4.78, 5) is 28.0. The van der Waals surface area contributed by atoms with E-state index < -0.39 is 17.6 Å². The lowest BCUT2D eigenvalue weighted by molar-refractivity contribution is -0.137. The molecule has 0 bridgehead atoms. The van der Waals surface area contributed by atoms with Crippen molar-refractivity contribution in [1.29, 1.82) is 0 Å². The standard InChI is InChI=1S/C26H30F3N3O3/c1-17-10-12-32(13-11-17)23-9-8-20(15-22(23)25(34)30-16-21-3-2-14-35-21)31-24(33)18-4-6-19(7-5-18)26(27,28)29/h4-9,15,17,21H,2-3,10-14,16H2,1H3,(H,30,34)(H,31,33). The highest BCUT2D eigenvalue weighted by Gasteiger charge is 2.30. The van der Waals surface area contributed by atoms with Crippen LogP contribution in [0.3, 0.4) is 0 Å². The Kier molecular flexibility index (Phi) is 7.64. The van der Waals surface area contributed by atoms with E-state index in [0.717, 1.165) is 68.7 Å². The van der Waals surface area contributed by atoms with Crippen LogP contribution in [0.1, 0.15) is 58.9 Å². The van der Waals surface area contributed by atoms with Gasteiger partial charge in [0, 0.05) is 43.2 Å². The Morgan fingerprint density at radius 2 is 1.74 bits per heavy atom. The van der Waals surface area contributed by atoms with Crippen LogP contribution in [-0.4, -0.2) is 44.2 Å². The fourth-order valence-electron chi connectivity index (χ4n) is 4.44. The summed E-state index contributed by atoms with van der Waals surface area (Å²) in [5.41, 5.74) is 0.916. The highest BCUT2D eigenvalue weighted by atomic mass is 19.4. The molecule has 0 spiro atoms. The van der Waals surface area contributed by atoms with Crippen molar-refractivity contribution in [1.82, 2.24) is 5.32 Å². The zero-order chi connectivity index (χ0) is 25.0. The molecule has 4 rings (SSSR count). The van der Waals surface area contributed by atoms with Crippen LogP contribution in [0.4, 0.5) is 24.5 Å². The van der Waals surface area contributed by atoms with Gasteiger partial charge in [-0.25, -0.2) is 0 Å². The Labute approximate surface area is 202 Å². The van der Waals surface area contributed by atoms with E-state index in [2.05, 4.69) is 22.5 Å². The van der Waals surface area contributed by atoms with Gasteiger partial charge in [0.2, 0.25) is 0 Å². The van der Waals surface area contributed by atoms with Crippen LogP contribution in [0.2, 0.25) is 0 Å². The molecule has 2 saturated heterocycles. The number of carbonyl (C=O) groups is 2. The summed E-state index contributed by atoms with van der Waals surface area (Å²) in [5, 5.41) is 5.65. The molecule has 9 heteroatoms. The zero-order valence-electron chi connectivity index (χ0n) is 19.7. The fourth-order valence-corrected chi connectivity index (χ4v) is 4.44. The molecule has 0 radical (unpaired) electrons. The maximum Gasteiger partial charge on any atom is 0.416 e. The number of nitrogens with one attached hydrogen (secondary N) is 2. The minimum Gasteiger partial charge on any atom is -0.376 e. The monoisotopic (exact) mass is 489 g/mol. The van der Waals surface area contributed by atoms with E-state index in [0.29, 0.717) is 30.3 Å². The van der Waals surface area contributed by atoms with Crippen molar-refractivity contribution in [2.45, 2.75) is 44.9 Å².